The van der Waals surface area contributed by atoms with Crippen molar-refractivity contribution in [1.82, 2.24) is 31.9 Å². The highest BCUT2D eigenvalue weighted by Crippen LogP contribution is 2.09. The van der Waals surface area contributed by atoms with Crippen LogP contribution in [0.4, 0.5) is 0 Å². The lowest BCUT2D eigenvalue weighted by atomic mass is 10.0. The molecule has 0 bridgehead atoms. The van der Waals surface area contributed by atoms with E-state index in [1.165, 1.54) is 0 Å². The normalized spacial score (nSPS) is 23.7. The molecule has 1 fully saturated rings. The Morgan fingerprint density at radius 1 is 0.717 bits per heavy atom. The van der Waals surface area contributed by atoms with E-state index in [1.54, 1.807) is 13.8 Å². The van der Waals surface area contributed by atoms with Crippen molar-refractivity contribution in [2.45, 2.75) is 102 Å². The summed E-state index contributed by atoms with van der Waals surface area (Å²) >= 11 is 0. The molecule has 17 heteroatoms. The van der Waals surface area contributed by atoms with Gasteiger partial charge in [-0.3, -0.25) is 28.8 Å². The maximum absolute atomic E-state index is 13.5. The Morgan fingerprint density at radius 2 is 1.33 bits per heavy atom. The second-order valence-electron chi connectivity index (χ2n) is 11.7. The van der Waals surface area contributed by atoms with E-state index in [0.717, 1.165) is 0 Å². The topological polar surface area (TPSA) is 291 Å². The van der Waals surface area contributed by atoms with E-state index < -0.39 is 59.6 Å². The molecule has 4 atom stereocenters. The number of amides is 6. The van der Waals surface area contributed by atoms with Crippen LogP contribution in [0, 0.1) is 5.92 Å². The molecule has 0 spiro atoms. The number of guanidine groups is 1. The first kappa shape index (κ1) is 40.0. The largest absolute Gasteiger partial charge is 0.370 e. The summed E-state index contributed by atoms with van der Waals surface area (Å²) in [4.78, 5) is 81.6. The van der Waals surface area contributed by atoms with Gasteiger partial charge in [0.25, 0.3) is 0 Å². The van der Waals surface area contributed by atoms with Gasteiger partial charge in [0.05, 0.1) is 6.54 Å². The Kier molecular flexibility index (Phi) is 19.6. The monoisotopic (exact) mass is 653 g/mol. The minimum absolute atomic E-state index is 0.0407. The van der Waals surface area contributed by atoms with Crippen LogP contribution in [-0.4, -0.2) is 98.3 Å². The number of nitrogens with zero attached hydrogens (tertiary/aromatic N) is 1. The van der Waals surface area contributed by atoms with Gasteiger partial charge in [-0.15, -0.1) is 0 Å². The smallest absolute Gasteiger partial charge is 0.245 e. The first-order valence-corrected chi connectivity index (χ1v) is 16.1. The van der Waals surface area contributed by atoms with E-state index in [0.29, 0.717) is 58.0 Å². The van der Waals surface area contributed by atoms with Gasteiger partial charge >= 0.3 is 0 Å². The van der Waals surface area contributed by atoms with Crippen LogP contribution in [0.1, 0.15) is 78.1 Å². The van der Waals surface area contributed by atoms with Crippen molar-refractivity contribution in [2.75, 3.05) is 32.7 Å². The summed E-state index contributed by atoms with van der Waals surface area (Å²) in [5.74, 6) is -3.68. The first-order chi connectivity index (χ1) is 21.9. The van der Waals surface area contributed by atoms with E-state index in [-0.39, 0.29) is 50.8 Å². The minimum atomic E-state index is -0.972. The molecule has 14 N–H and O–H groups in total. The first-order valence-electron chi connectivity index (χ1n) is 16.1. The molecule has 6 amide bonds. The molecular weight excluding hydrogens is 598 g/mol. The highest BCUT2D eigenvalue weighted by Gasteiger charge is 2.31. The molecule has 0 saturated carbocycles. The molecule has 0 aromatic heterocycles. The SMILES string of the molecule is CC(C)[C@@H]1NC(=O)CCNC(=O)CNC(=O)[C@H](N=C(N)N)CCCCNC(=O)[C@H](CCCCN)NC(=O)[C@H](CCCCN)NC1=O. The molecule has 1 heterocycles. The molecule has 1 aliphatic rings. The van der Waals surface area contributed by atoms with Gasteiger partial charge in [0, 0.05) is 19.5 Å². The molecular formula is C29H55N11O6. The lowest BCUT2D eigenvalue weighted by molar-refractivity contribution is -0.134. The predicted octanol–water partition coefficient (Wildman–Crippen LogP) is -3.08. The third-order valence-corrected chi connectivity index (χ3v) is 7.33. The molecule has 1 aliphatic heterocycles. The van der Waals surface area contributed by atoms with Crippen LogP contribution in [0.15, 0.2) is 4.99 Å². The van der Waals surface area contributed by atoms with Crippen LogP contribution in [0.2, 0.25) is 0 Å². The summed E-state index contributed by atoms with van der Waals surface area (Å²) < 4.78 is 0. The zero-order chi connectivity index (χ0) is 34.5. The van der Waals surface area contributed by atoms with Crippen molar-refractivity contribution in [1.29, 1.82) is 0 Å². The van der Waals surface area contributed by atoms with Crippen LogP contribution >= 0.6 is 0 Å². The van der Waals surface area contributed by atoms with Crippen molar-refractivity contribution in [3.63, 3.8) is 0 Å². The summed E-state index contributed by atoms with van der Waals surface area (Å²) in [6, 6.07) is -3.76. The van der Waals surface area contributed by atoms with Gasteiger partial charge in [0.2, 0.25) is 35.4 Å². The predicted molar refractivity (Wildman–Crippen MR) is 174 cm³/mol. The van der Waals surface area contributed by atoms with Gasteiger partial charge in [-0.05, 0) is 76.8 Å². The Bertz CT molecular complexity index is 1040. The fourth-order valence-corrected chi connectivity index (χ4v) is 4.73. The quantitative estimate of drug-likeness (QED) is 0.0644. The summed E-state index contributed by atoms with van der Waals surface area (Å²) in [7, 11) is 0. The van der Waals surface area contributed by atoms with Crippen LogP contribution in [-0.2, 0) is 28.8 Å². The summed E-state index contributed by atoms with van der Waals surface area (Å²) in [5.41, 5.74) is 22.3. The Balaban J connectivity index is 3.24. The van der Waals surface area contributed by atoms with Crippen molar-refractivity contribution in [2.24, 2.45) is 33.8 Å². The van der Waals surface area contributed by atoms with E-state index >= 15 is 0 Å². The molecule has 17 nitrogen and oxygen atoms in total. The Morgan fingerprint density at radius 3 is 1.91 bits per heavy atom. The van der Waals surface area contributed by atoms with Gasteiger partial charge < -0.3 is 54.8 Å². The molecule has 1 saturated heterocycles. The van der Waals surface area contributed by atoms with E-state index in [4.69, 9.17) is 22.9 Å². The number of hydrogen-bond acceptors (Lipinski definition) is 9. The van der Waals surface area contributed by atoms with Crippen LogP contribution in [0.3, 0.4) is 0 Å². The number of rotatable bonds is 10. The molecule has 262 valence electrons. The maximum atomic E-state index is 13.5. The lowest BCUT2D eigenvalue weighted by Gasteiger charge is -2.27. The number of aliphatic imine (C=N–C) groups is 1. The van der Waals surface area contributed by atoms with Crippen molar-refractivity contribution >= 4 is 41.4 Å². The third-order valence-electron chi connectivity index (χ3n) is 7.33. The lowest BCUT2D eigenvalue weighted by Crippen LogP contribution is -2.57. The average Bonchev–Trinajstić information content (AvgIpc) is 2.99. The molecule has 0 unspecified atom stereocenters. The number of hydrogen-bond donors (Lipinski definition) is 10. The molecule has 0 aromatic carbocycles. The fourth-order valence-electron chi connectivity index (χ4n) is 4.73. The van der Waals surface area contributed by atoms with E-state index in [1.807, 2.05) is 0 Å². The highest BCUT2D eigenvalue weighted by molar-refractivity contribution is 5.94. The van der Waals surface area contributed by atoms with Gasteiger partial charge in [0.1, 0.15) is 24.2 Å². The van der Waals surface area contributed by atoms with Crippen LogP contribution < -0.4 is 54.8 Å². The Hall–Kier alpha value is -3.99. The van der Waals surface area contributed by atoms with Crippen molar-refractivity contribution in [3.05, 3.63) is 0 Å². The second kappa shape index (κ2) is 22.5. The number of carbonyl (C=O) groups excluding carboxylic acids is 6. The van der Waals surface area contributed by atoms with E-state index in [2.05, 4.69) is 36.9 Å². The van der Waals surface area contributed by atoms with Crippen LogP contribution in [0.25, 0.3) is 0 Å². The zero-order valence-electron chi connectivity index (χ0n) is 27.2. The van der Waals surface area contributed by atoms with Crippen molar-refractivity contribution in [3.8, 4) is 0 Å². The Labute approximate surface area is 270 Å². The highest BCUT2D eigenvalue weighted by atomic mass is 16.2. The molecule has 46 heavy (non-hydrogen) atoms. The molecule has 0 radical (unpaired) electrons. The molecule has 1 rings (SSSR count). The fraction of sp³-hybridized carbons (Fsp3) is 0.759. The molecule has 0 aromatic rings. The number of nitrogens with one attached hydrogen (secondary N) is 6. The summed E-state index contributed by atoms with van der Waals surface area (Å²) in [5, 5.41) is 16.1. The summed E-state index contributed by atoms with van der Waals surface area (Å²) in [6.07, 6.45) is 4.10. The van der Waals surface area contributed by atoms with Gasteiger partial charge in [0.15, 0.2) is 5.96 Å². The van der Waals surface area contributed by atoms with Gasteiger partial charge in [-0.25, -0.2) is 4.99 Å². The maximum Gasteiger partial charge on any atom is 0.245 e. The van der Waals surface area contributed by atoms with Gasteiger partial charge in [-0.1, -0.05) is 13.8 Å². The third kappa shape index (κ3) is 16.4. The number of nitrogens with two attached hydrogens (primary N) is 4. The average molecular weight is 654 g/mol. The minimum Gasteiger partial charge on any atom is -0.370 e. The number of unbranched alkanes of at least 4 members (excludes halogenated alkanes) is 2. The van der Waals surface area contributed by atoms with E-state index in [9.17, 15) is 28.8 Å². The number of carbonyl (C=O) groups is 6. The van der Waals surface area contributed by atoms with Crippen LogP contribution in [0.5, 0.6) is 0 Å². The summed E-state index contributed by atoms with van der Waals surface area (Å²) in [6.45, 7) is 4.19. The van der Waals surface area contributed by atoms with Gasteiger partial charge in [-0.2, -0.15) is 0 Å². The standard InChI is InChI=1S/C29H55N11O6/c1-18(2)24-28(46)38-21(10-4-7-14-31)27(45)37-19(9-3-6-13-30)25(43)35-15-8-5-11-20(39-29(32)33)26(44)36-17-23(42)34-16-12-22(41)40-24/h18-21,24H,3-17,30-31H2,1-2H3,(H,34,42)(H,35,43)(H,36,44)(H,37,45)(H,38,46)(H,40,41)(H4,32,33,39)/t19-,20+,21-,24-/m0/s1. The molecule has 0 aliphatic carbocycles. The van der Waals surface area contributed by atoms with Crippen molar-refractivity contribution < 1.29 is 28.8 Å². The second-order valence-corrected chi connectivity index (χ2v) is 11.7. The zero-order valence-corrected chi connectivity index (χ0v) is 27.2.